The molecule has 0 atom stereocenters. The lowest BCUT2D eigenvalue weighted by Gasteiger charge is -1.40. The molecule has 0 aliphatic heterocycles. The smallest absolute Gasteiger partial charge is 0.120 e. The Bertz CT molecular complexity index is 178. The monoisotopic (exact) mass is 152 g/mol. The van der Waals surface area contributed by atoms with Crippen molar-refractivity contribution in [2.24, 2.45) is 5.11 Å². The van der Waals surface area contributed by atoms with Crippen molar-refractivity contribution in [3.63, 3.8) is 0 Å². The molecule has 0 aliphatic rings. The van der Waals surface area contributed by atoms with E-state index in [0.29, 0.717) is 0 Å². The van der Waals surface area contributed by atoms with Gasteiger partial charge in [0.15, 0.2) is 0 Å². The summed E-state index contributed by atoms with van der Waals surface area (Å²) in [6.07, 6.45) is 4.60. The highest BCUT2D eigenvalue weighted by atomic mass is 15.1. The van der Waals surface area contributed by atoms with Crippen LogP contribution in [0.15, 0.2) is 5.11 Å². The SMILES string of the molecule is C#CC.CC#CC.CN=[N+]=N. The van der Waals surface area contributed by atoms with E-state index in [9.17, 15) is 0 Å². The van der Waals surface area contributed by atoms with Crippen LogP contribution < -0.4 is 4.91 Å². The highest BCUT2D eigenvalue weighted by Gasteiger charge is 1.45. The summed E-state index contributed by atoms with van der Waals surface area (Å²) in [5.41, 5.74) is 5.91. The minimum absolute atomic E-state index is 1.45. The van der Waals surface area contributed by atoms with Gasteiger partial charge in [0.25, 0.3) is 0 Å². The molecule has 0 aromatic carbocycles. The Morgan fingerprint density at radius 3 is 1.45 bits per heavy atom. The zero-order valence-electron chi connectivity index (χ0n) is 7.47. The third-order valence-corrected chi connectivity index (χ3v) is 0.350. The largest absolute Gasteiger partial charge is 0.213 e. The van der Waals surface area contributed by atoms with E-state index in [-0.39, 0.29) is 0 Å². The summed E-state index contributed by atoms with van der Waals surface area (Å²) in [6, 6.07) is 0. The fourth-order valence-corrected chi connectivity index (χ4v) is 0. The standard InChI is InChI=1S/C4H6.C3H4.CH4N3/c1-3-4-2;1-3-2;1-3-4-2/h1-2H3;1H,2H3;2H,1H3/q;;+1. The quantitative estimate of drug-likeness (QED) is 0.313. The Balaban J connectivity index is -0.0000000886. The van der Waals surface area contributed by atoms with Crippen molar-refractivity contribution in [3.05, 3.63) is 0 Å². The molecule has 0 aromatic rings. The van der Waals surface area contributed by atoms with Crippen molar-refractivity contribution >= 4 is 0 Å². The highest BCUT2D eigenvalue weighted by molar-refractivity contribution is 4.89. The van der Waals surface area contributed by atoms with Crippen LogP contribution in [-0.2, 0) is 0 Å². The molecular weight excluding hydrogens is 138 g/mol. The van der Waals surface area contributed by atoms with Gasteiger partial charge in [-0.15, -0.1) is 24.2 Å². The molecule has 0 saturated heterocycles. The Morgan fingerprint density at radius 1 is 1.27 bits per heavy atom. The van der Waals surface area contributed by atoms with Crippen LogP contribution in [0.2, 0.25) is 0 Å². The average molecular weight is 152 g/mol. The van der Waals surface area contributed by atoms with E-state index >= 15 is 0 Å². The molecule has 0 heterocycles. The van der Waals surface area contributed by atoms with Gasteiger partial charge >= 0.3 is 0 Å². The number of nitrogens with one attached hydrogen (secondary N) is 1. The topological polar surface area (TPSA) is 50.3 Å². The van der Waals surface area contributed by atoms with E-state index in [0.717, 1.165) is 0 Å². The van der Waals surface area contributed by atoms with Gasteiger partial charge in [-0.05, 0) is 20.8 Å². The van der Waals surface area contributed by atoms with Crippen LogP contribution >= 0.6 is 0 Å². The van der Waals surface area contributed by atoms with Crippen LogP contribution in [0.1, 0.15) is 20.8 Å². The molecule has 0 unspecified atom stereocenters. The van der Waals surface area contributed by atoms with E-state index in [1.807, 2.05) is 13.8 Å². The summed E-state index contributed by atoms with van der Waals surface area (Å²) in [4.78, 5) is 2.61. The minimum Gasteiger partial charge on any atom is -0.120 e. The highest BCUT2D eigenvalue weighted by Crippen LogP contribution is 1.39. The lowest BCUT2D eigenvalue weighted by Crippen LogP contribution is -1.43. The van der Waals surface area contributed by atoms with Gasteiger partial charge in [-0.2, -0.15) is 0 Å². The lowest BCUT2D eigenvalue weighted by atomic mass is 10.7. The van der Waals surface area contributed by atoms with Crippen molar-refractivity contribution in [3.8, 4) is 24.2 Å². The summed E-state index contributed by atoms with van der Waals surface area (Å²) in [7, 11) is 1.45. The van der Waals surface area contributed by atoms with E-state index in [4.69, 9.17) is 5.53 Å². The van der Waals surface area contributed by atoms with E-state index in [2.05, 4.69) is 34.2 Å². The molecule has 0 bridgehead atoms. The Kier molecular flexibility index (Phi) is 58.3. The van der Waals surface area contributed by atoms with Crippen molar-refractivity contribution in [2.45, 2.75) is 20.8 Å². The fraction of sp³-hybridized carbons (Fsp3) is 0.500. The first-order valence-electron chi connectivity index (χ1n) is 2.91. The number of rotatable bonds is 0. The first kappa shape index (κ1) is 16.2. The molecule has 0 saturated carbocycles. The molecule has 0 radical (unpaired) electrons. The van der Waals surface area contributed by atoms with Crippen LogP contribution in [0.4, 0.5) is 0 Å². The molecule has 0 spiro atoms. The van der Waals surface area contributed by atoms with Gasteiger partial charge in [-0.25, -0.2) is 0 Å². The van der Waals surface area contributed by atoms with Gasteiger partial charge in [0.2, 0.25) is 4.91 Å². The molecule has 3 heteroatoms. The van der Waals surface area contributed by atoms with E-state index in [1.165, 1.54) is 7.05 Å². The molecule has 3 nitrogen and oxygen atoms in total. The van der Waals surface area contributed by atoms with E-state index < -0.39 is 0 Å². The van der Waals surface area contributed by atoms with Gasteiger partial charge in [0.05, 0.1) is 0 Å². The maximum Gasteiger partial charge on any atom is 0.213 e. The van der Waals surface area contributed by atoms with Crippen LogP contribution in [0.5, 0.6) is 0 Å². The molecule has 1 N–H and O–H groups in total. The lowest BCUT2D eigenvalue weighted by molar-refractivity contribution is 0.960. The molecule has 0 aromatic heterocycles. The van der Waals surface area contributed by atoms with Crippen molar-refractivity contribution in [1.82, 2.24) is 4.91 Å². The maximum absolute atomic E-state index is 5.91. The Morgan fingerprint density at radius 2 is 1.45 bits per heavy atom. The first-order valence-corrected chi connectivity index (χ1v) is 2.91. The normalized spacial score (nSPS) is 3.55. The van der Waals surface area contributed by atoms with E-state index in [1.54, 1.807) is 6.92 Å². The van der Waals surface area contributed by atoms with Gasteiger partial charge < -0.3 is 0 Å². The van der Waals surface area contributed by atoms with Gasteiger partial charge in [-0.3, -0.25) is 0 Å². The van der Waals surface area contributed by atoms with Crippen LogP contribution in [0.25, 0.3) is 0 Å². The summed E-state index contributed by atoms with van der Waals surface area (Å²) < 4.78 is 0. The van der Waals surface area contributed by atoms with Gasteiger partial charge in [0, 0.05) is 0 Å². The number of hydrogen-bond acceptors (Lipinski definition) is 2. The number of nitrogens with zero attached hydrogens (tertiary/aromatic N) is 2. The van der Waals surface area contributed by atoms with Crippen molar-refractivity contribution in [1.29, 1.82) is 5.53 Å². The number of terminal acetylenes is 1. The zero-order chi connectivity index (χ0) is 9.54. The van der Waals surface area contributed by atoms with Gasteiger partial charge in [-0.1, -0.05) is 0 Å². The second kappa shape index (κ2) is 39.6. The molecular formula is C8H14N3+. The second-order valence-corrected chi connectivity index (χ2v) is 1.09. The molecule has 0 aliphatic carbocycles. The van der Waals surface area contributed by atoms with Crippen LogP contribution in [0, 0.1) is 29.7 Å². The Hall–Kier alpha value is -1.57. The summed E-state index contributed by atoms with van der Waals surface area (Å²) in [5.74, 6) is 7.61. The molecule has 0 amide bonds. The molecule has 0 fully saturated rings. The fourth-order valence-electron chi connectivity index (χ4n) is 0. The second-order valence-electron chi connectivity index (χ2n) is 1.09. The van der Waals surface area contributed by atoms with Gasteiger partial charge in [0.1, 0.15) is 17.7 Å². The van der Waals surface area contributed by atoms with Crippen LogP contribution in [-0.4, -0.2) is 7.05 Å². The maximum atomic E-state index is 5.91. The first-order chi connectivity index (χ1) is 5.24. The average Bonchev–Trinajstić information content (AvgIpc) is 2.06. The Labute approximate surface area is 68.4 Å². The summed E-state index contributed by atoms with van der Waals surface area (Å²) >= 11 is 0. The third-order valence-electron chi connectivity index (χ3n) is 0.350. The molecule has 11 heavy (non-hydrogen) atoms. The van der Waals surface area contributed by atoms with Crippen molar-refractivity contribution < 1.29 is 0 Å². The summed E-state index contributed by atoms with van der Waals surface area (Å²) in [6.45, 7) is 5.29. The number of hydrogen-bond donors (Lipinski definition) is 1. The predicted molar refractivity (Wildman–Crippen MR) is 46.8 cm³/mol. The third kappa shape index (κ3) is 1890. The van der Waals surface area contributed by atoms with Crippen LogP contribution in [0.3, 0.4) is 0 Å². The summed E-state index contributed by atoms with van der Waals surface area (Å²) in [5, 5.41) is 3.03. The predicted octanol–water partition coefficient (Wildman–Crippen LogP) is 1.84. The molecule has 0 rings (SSSR count). The molecule has 60 valence electrons. The zero-order valence-corrected chi connectivity index (χ0v) is 7.47. The minimum atomic E-state index is 1.45. The van der Waals surface area contributed by atoms with Crippen molar-refractivity contribution in [2.75, 3.05) is 7.05 Å².